The first-order valence-electron chi connectivity index (χ1n) is 19.4. The molecule has 10 aromatic carbocycles. The molecule has 0 amide bonds. The van der Waals surface area contributed by atoms with Crippen molar-refractivity contribution >= 4 is 54.3 Å². The van der Waals surface area contributed by atoms with Crippen LogP contribution < -0.4 is 0 Å². The van der Waals surface area contributed by atoms with E-state index in [1.165, 1.54) is 82.4 Å². The Morgan fingerprint density at radius 3 is 1.48 bits per heavy atom. The van der Waals surface area contributed by atoms with Crippen molar-refractivity contribution in [3.63, 3.8) is 0 Å². The van der Waals surface area contributed by atoms with Crippen LogP contribution in [0.1, 0.15) is 22.3 Å². The number of hydrogen-bond acceptors (Lipinski definition) is 1. The summed E-state index contributed by atoms with van der Waals surface area (Å²) in [5.41, 5.74) is 13.8. The fraction of sp³-hybridized carbons (Fsp3) is 0.0182. The molecule has 0 saturated heterocycles. The van der Waals surface area contributed by atoms with Crippen LogP contribution in [0.25, 0.3) is 87.6 Å². The molecule has 1 nitrogen and oxygen atoms in total. The summed E-state index contributed by atoms with van der Waals surface area (Å²) in [5.74, 6) is 0. The molecular formula is C55H34O. The molecule has 0 bridgehead atoms. The quantitative estimate of drug-likeness (QED) is 0.166. The molecule has 1 heteroatoms. The smallest absolute Gasteiger partial charge is 0.136 e. The molecule has 11 aromatic rings. The van der Waals surface area contributed by atoms with Crippen LogP contribution in [0.15, 0.2) is 211 Å². The Balaban J connectivity index is 1.10. The van der Waals surface area contributed by atoms with Crippen molar-refractivity contribution < 1.29 is 4.42 Å². The summed E-state index contributed by atoms with van der Waals surface area (Å²) in [6, 6.07) is 75.6. The van der Waals surface area contributed by atoms with Gasteiger partial charge in [0.2, 0.25) is 0 Å². The van der Waals surface area contributed by atoms with Crippen LogP contribution in [0.2, 0.25) is 0 Å². The van der Waals surface area contributed by atoms with E-state index in [4.69, 9.17) is 4.42 Å². The van der Waals surface area contributed by atoms with Gasteiger partial charge in [0.15, 0.2) is 0 Å². The summed E-state index contributed by atoms with van der Waals surface area (Å²) in [7, 11) is 0. The Labute approximate surface area is 324 Å². The van der Waals surface area contributed by atoms with E-state index >= 15 is 0 Å². The number of furan rings is 1. The van der Waals surface area contributed by atoms with Gasteiger partial charge in [0.1, 0.15) is 11.2 Å². The molecular weight excluding hydrogens is 677 g/mol. The molecule has 0 spiro atoms. The predicted octanol–water partition coefficient (Wildman–Crippen LogP) is 14.7. The molecule has 0 aliphatic heterocycles. The minimum Gasteiger partial charge on any atom is -0.456 e. The van der Waals surface area contributed by atoms with E-state index in [-0.39, 0.29) is 0 Å². The van der Waals surface area contributed by atoms with Gasteiger partial charge >= 0.3 is 0 Å². The average Bonchev–Trinajstić information content (AvgIpc) is 3.77. The largest absolute Gasteiger partial charge is 0.456 e. The van der Waals surface area contributed by atoms with E-state index in [2.05, 4.69) is 206 Å². The van der Waals surface area contributed by atoms with Gasteiger partial charge in [-0.2, -0.15) is 0 Å². The van der Waals surface area contributed by atoms with Crippen molar-refractivity contribution in [2.45, 2.75) is 5.41 Å². The molecule has 0 atom stereocenters. The Kier molecular flexibility index (Phi) is 6.62. The fourth-order valence-electron chi connectivity index (χ4n) is 9.96. The Morgan fingerprint density at radius 2 is 0.821 bits per heavy atom. The van der Waals surface area contributed by atoms with E-state index in [1.54, 1.807) is 0 Å². The van der Waals surface area contributed by atoms with E-state index in [1.807, 2.05) is 0 Å². The van der Waals surface area contributed by atoms with Gasteiger partial charge in [-0.3, -0.25) is 0 Å². The standard InChI is InChI=1S/C55H34O/c1-3-17-39(18-4-1)55(40-19-5-2-6-20-40)49-26-14-13-21-41(49)47-33-48-42-30-29-38(32-51(42)56-52(48)34-50(47)55)54-45-24-11-9-22-43(45)53(44-23-10-12-25-46(44)54)37-28-27-35-15-7-8-16-36(35)31-37/h1-34H. The molecule has 1 aliphatic rings. The van der Waals surface area contributed by atoms with Crippen molar-refractivity contribution in [1.82, 2.24) is 0 Å². The van der Waals surface area contributed by atoms with E-state index in [9.17, 15) is 0 Å². The van der Waals surface area contributed by atoms with Gasteiger partial charge in [-0.15, -0.1) is 0 Å². The second kappa shape index (κ2) is 11.9. The van der Waals surface area contributed by atoms with Gasteiger partial charge in [-0.1, -0.05) is 176 Å². The lowest BCUT2D eigenvalue weighted by atomic mass is 9.67. The number of rotatable bonds is 4. The first-order valence-corrected chi connectivity index (χ1v) is 19.4. The van der Waals surface area contributed by atoms with Gasteiger partial charge in [-0.05, 0) is 118 Å². The zero-order valence-electron chi connectivity index (χ0n) is 30.5. The average molecular weight is 711 g/mol. The van der Waals surface area contributed by atoms with Gasteiger partial charge in [0, 0.05) is 10.8 Å². The normalized spacial score (nSPS) is 13.1. The zero-order chi connectivity index (χ0) is 36.8. The molecule has 0 unspecified atom stereocenters. The lowest BCUT2D eigenvalue weighted by Gasteiger charge is -2.33. The third-order valence-corrected chi connectivity index (χ3v) is 12.3. The third-order valence-electron chi connectivity index (χ3n) is 12.3. The highest BCUT2D eigenvalue weighted by Crippen LogP contribution is 2.57. The van der Waals surface area contributed by atoms with Gasteiger partial charge < -0.3 is 4.42 Å². The predicted molar refractivity (Wildman–Crippen MR) is 234 cm³/mol. The molecule has 0 radical (unpaired) electrons. The first kappa shape index (κ1) is 31.2. The van der Waals surface area contributed by atoms with Crippen molar-refractivity contribution in [2.75, 3.05) is 0 Å². The molecule has 1 heterocycles. The first-order chi connectivity index (χ1) is 27.8. The number of fused-ring (bicyclic) bond motifs is 9. The minimum absolute atomic E-state index is 0.475. The third kappa shape index (κ3) is 4.31. The summed E-state index contributed by atoms with van der Waals surface area (Å²) in [6.45, 7) is 0. The Hall–Kier alpha value is -7.22. The maximum atomic E-state index is 6.96. The number of benzene rings is 10. The fourth-order valence-corrected chi connectivity index (χ4v) is 9.96. The minimum atomic E-state index is -0.475. The van der Waals surface area contributed by atoms with Crippen molar-refractivity contribution in [3.8, 4) is 33.4 Å². The lowest BCUT2D eigenvalue weighted by molar-refractivity contribution is 0.666. The molecule has 12 rings (SSSR count). The van der Waals surface area contributed by atoms with Crippen LogP contribution in [0.4, 0.5) is 0 Å². The maximum Gasteiger partial charge on any atom is 0.136 e. The van der Waals surface area contributed by atoms with Gasteiger partial charge in [0.05, 0.1) is 5.41 Å². The Morgan fingerprint density at radius 1 is 0.304 bits per heavy atom. The summed E-state index contributed by atoms with van der Waals surface area (Å²) in [6.07, 6.45) is 0. The summed E-state index contributed by atoms with van der Waals surface area (Å²) in [5, 5.41) is 9.72. The van der Waals surface area contributed by atoms with Gasteiger partial charge in [-0.25, -0.2) is 0 Å². The topological polar surface area (TPSA) is 13.1 Å². The van der Waals surface area contributed by atoms with Crippen molar-refractivity contribution in [1.29, 1.82) is 0 Å². The van der Waals surface area contributed by atoms with Crippen LogP contribution in [-0.2, 0) is 5.41 Å². The van der Waals surface area contributed by atoms with Crippen LogP contribution in [0.3, 0.4) is 0 Å². The maximum absolute atomic E-state index is 6.96. The molecule has 260 valence electrons. The summed E-state index contributed by atoms with van der Waals surface area (Å²) < 4.78 is 6.96. The zero-order valence-corrected chi connectivity index (χ0v) is 30.5. The monoisotopic (exact) mass is 710 g/mol. The highest BCUT2D eigenvalue weighted by atomic mass is 16.3. The second-order valence-corrected chi connectivity index (χ2v) is 15.1. The van der Waals surface area contributed by atoms with Crippen LogP contribution in [-0.4, -0.2) is 0 Å². The van der Waals surface area contributed by atoms with E-state index < -0.39 is 5.41 Å². The number of hydrogen-bond donors (Lipinski definition) is 0. The lowest BCUT2D eigenvalue weighted by Crippen LogP contribution is -2.28. The molecule has 0 saturated carbocycles. The van der Waals surface area contributed by atoms with Gasteiger partial charge in [0.25, 0.3) is 0 Å². The second-order valence-electron chi connectivity index (χ2n) is 15.1. The molecule has 1 aromatic heterocycles. The van der Waals surface area contributed by atoms with Crippen molar-refractivity contribution in [2.24, 2.45) is 0 Å². The van der Waals surface area contributed by atoms with E-state index in [0.717, 1.165) is 27.5 Å². The van der Waals surface area contributed by atoms with Crippen LogP contribution in [0.5, 0.6) is 0 Å². The Bertz CT molecular complexity index is 3250. The highest BCUT2D eigenvalue weighted by molar-refractivity contribution is 6.22. The molecule has 0 N–H and O–H groups in total. The molecule has 56 heavy (non-hydrogen) atoms. The van der Waals surface area contributed by atoms with Crippen LogP contribution in [0, 0.1) is 0 Å². The molecule has 0 fully saturated rings. The molecule has 1 aliphatic carbocycles. The van der Waals surface area contributed by atoms with Crippen molar-refractivity contribution in [3.05, 3.63) is 229 Å². The van der Waals surface area contributed by atoms with Crippen LogP contribution >= 0.6 is 0 Å². The highest BCUT2D eigenvalue weighted by Gasteiger charge is 2.46. The summed E-state index contributed by atoms with van der Waals surface area (Å²) >= 11 is 0. The summed E-state index contributed by atoms with van der Waals surface area (Å²) in [4.78, 5) is 0. The SMILES string of the molecule is c1ccc(C2(c3ccccc3)c3ccccc3-c3cc4c(cc32)oc2cc(-c3c5ccccc5c(-c5ccc6ccccc6c5)c5ccccc35)ccc24)cc1. The van der Waals surface area contributed by atoms with E-state index in [0.29, 0.717) is 0 Å².